The first-order chi connectivity index (χ1) is 14.6. The van der Waals surface area contributed by atoms with Gasteiger partial charge in [-0.1, -0.05) is 36.4 Å². The van der Waals surface area contributed by atoms with Crippen LogP contribution >= 0.6 is 24.0 Å². The first-order valence-electron chi connectivity index (χ1n) is 9.72. The fraction of sp³-hybridized carbons (Fsp3) is 0.318. The van der Waals surface area contributed by atoms with Crippen LogP contribution < -0.4 is 20.1 Å². The molecule has 8 nitrogen and oxygen atoms in total. The molecule has 2 aromatic carbocycles. The van der Waals surface area contributed by atoms with Crippen LogP contribution in [-0.2, 0) is 26.7 Å². The molecule has 1 heterocycles. The second kappa shape index (κ2) is 12.1. The summed E-state index contributed by atoms with van der Waals surface area (Å²) in [5, 5.41) is 15.0. The van der Waals surface area contributed by atoms with Gasteiger partial charge in [-0.15, -0.1) is 34.2 Å². The highest BCUT2D eigenvalue weighted by molar-refractivity contribution is 14.0. The lowest BCUT2D eigenvalue weighted by molar-refractivity contribution is 0.354. The van der Waals surface area contributed by atoms with Gasteiger partial charge in [0.1, 0.15) is 5.82 Å². The fourth-order valence-corrected chi connectivity index (χ4v) is 2.87. The Morgan fingerprint density at radius 3 is 2.29 bits per heavy atom. The zero-order valence-electron chi connectivity index (χ0n) is 18.3. The van der Waals surface area contributed by atoms with Crippen molar-refractivity contribution in [3.8, 4) is 11.5 Å². The van der Waals surface area contributed by atoms with Gasteiger partial charge in [-0.05, 0) is 30.2 Å². The van der Waals surface area contributed by atoms with Gasteiger partial charge in [0.05, 0.1) is 27.3 Å². The van der Waals surface area contributed by atoms with E-state index in [0.717, 1.165) is 17.2 Å². The molecule has 166 valence electrons. The Balaban J connectivity index is 0.00000341. The third kappa shape index (κ3) is 6.84. The molecule has 1 aromatic heterocycles. The van der Waals surface area contributed by atoms with Gasteiger partial charge in [-0.25, -0.2) is 4.99 Å². The highest BCUT2D eigenvalue weighted by Gasteiger charge is 2.08. The summed E-state index contributed by atoms with van der Waals surface area (Å²) in [6.07, 6.45) is 0. The summed E-state index contributed by atoms with van der Waals surface area (Å²) < 4.78 is 12.6. The molecule has 0 atom stereocenters. The van der Waals surface area contributed by atoms with Crippen LogP contribution in [0, 0.1) is 6.92 Å². The Bertz CT molecular complexity index is 991. The van der Waals surface area contributed by atoms with Crippen molar-refractivity contribution in [3.05, 3.63) is 71.3 Å². The lowest BCUT2D eigenvalue weighted by atomic mass is 10.2. The maximum atomic E-state index is 5.39. The topological polar surface area (TPSA) is 85.6 Å². The quantitative estimate of drug-likeness (QED) is 0.262. The normalized spacial score (nSPS) is 10.9. The molecule has 0 amide bonds. The van der Waals surface area contributed by atoms with Gasteiger partial charge in [-0.2, -0.15) is 0 Å². The zero-order chi connectivity index (χ0) is 21.3. The van der Waals surface area contributed by atoms with E-state index in [1.54, 1.807) is 14.2 Å². The summed E-state index contributed by atoms with van der Waals surface area (Å²) in [5.41, 5.74) is 2.19. The summed E-state index contributed by atoms with van der Waals surface area (Å²) in [5.74, 6) is 3.78. The second-order valence-electron chi connectivity index (χ2n) is 6.77. The van der Waals surface area contributed by atoms with Crippen LogP contribution in [0.2, 0.25) is 0 Å². The minimum absolute atomic E-state index is 0. The standard InChI is InChI=1S/C22H28N6O2.HI/c1-16-26-27-21(28(16)2)15-25-22(23-13-17-8-6-5-7-9-17)24-14-18-10-11-19(29-3)20(12-18)30-4;/h5-12H,13-15H2,1-4H3,(H2,23,24,25);1H. The third-order valence-electron chi connectivity index (χ3n) is 4.77. The number of nitrogens with zero attached hydrogens (tertiary/aromatic N) is 4. The van der Waals surface area contributed by atoms with Crippen molar-refractivity contribution < 1.29 is 9.47 Å². The molecule has 0 bridgehead atoms. The number of nitrogens with one attached hydrogen (secondary N) is 2. The smallest absolute Gasteiger partial charge is 0.192 e. The van der Waals surface area contributed by atoms with Crippen molar-refractivity contribution >= 4 is 29.9 Å². The molecule has 2 N–H and O–H groups in total. The van der Waals surface area contributed by atoms with Crippen LogP contribution in [0.1, 0.15) is 22.8 Å². The van der Waals surface area contributed by atoms with E-state index in [1.807, 2.05) is 54.9 Å². The van der Waals surface area contributed by atoms with E-state index in [0.29, 0.717) is 37.1 Å². The van der Waals surface area contributed by atoms with Crippen LogP contribution in [0.25, 0.3) is 0 Å². The molecule has 0 saturated carbocycles. The van der Waals surface area contributed by atoms with E-state index in [-0.39, 0.29) is 24.0 Å². The van der Waals surface area contributed by atoms with Crippen molar-refractivity contribution in [1.29, 1.82) is 0 Å². The summed E-state index contributed by atoms with van der Waals surface area (Å²) in [6.45, 7) is 3.60. The Kier molecular flexibility index (Phi) is 9.57. The number of halogens is 1. The van der Waals surface area contributed by atoms with Crippen LogP contribution in [-0.4, -0.2) is 34.9 Å². The average Bonchev–Trinajstić information content (AvgIpc) is 3.11. The third-order valence-corrected chi connectivity index (χ3v) is 4.77. The average molecular weight is 536 g/mol. The molecule has 9 heteroatoms. The summed E-state index contributed by atoms with van der Waals surface area (Å²) in [7, 11) is 5.20. The van der Waals surface area contributed by atoms with Crippen molar-refractivity contribution in [2.24, 2.45) is 12.0 Å². The monoisotopic (exact) mass is 536 g/mol. The van der Waals surface area contributed by atoms with Gasteiger partial charge in [0.2, 0.25) is 0 Å². The molecular weight excluding hydrogens is 507 g/mol. The van der Waals surface area contributed by atoms with Crippen LogP contribution in [0.5, 0.6) is 11.5 Å². The summed E-state index contributed by atoms with van der Waals surface area (Å²) in [6, 6.07) is 16.0. The lowest BCUT2D eigenvalue weighted by Crippen LogP contribution is -2.37. The number of methoxy groups -OCH3 is 2. The molecule has 3 aromatic rings. The molecule has 0 saturated heterocycles. The number of rotatable bonds is 8. The Hall–Kier alpha value is -2.82. The van der Waals surface area contributed by atoms with Crippen molar-refractivity contribution in [3.63, 3.8) is 0 Å². The van der Waals surface area contributed by atoms with Gasteiger partial charge in [0.25, 0.3) is 0 Å². The van der Waals surface area contributed by atoms with Gasteiger partial charge in [0, 0.05) is 13.6 Å². The molecule has 31 heavy (non-hydrogen) atoms. The maximum absolute atomic E-state index is 5.39. The summed E-state index contributed by atoms with van der Waals surface area (Å²) >= 11 is 0. The Labute approximate surface area is 200 Å². The minimum Gasteiger partial charge on any atom is -0.493 e. The van der Waals surface area contributed by atoms with Gasteiger partial charge < -0.3 is 24.7 Å². The van der Waals surface area contributed by atoms with Gasteiger partial charge >= 0.3 is 0 Å². The van der Waals surface area contributed by atoms with Crippen molar-refractivity contribution in [1.82, 2.24) is 25.4 Å². The van der Waals surface area contributed by atoms with E-state index in [1.165, 1.54) is 5.56 Å². The number of aromatic nitrogens is 3. The van der Waals surface area contributed by atoms with Crippen molar-refractivity contribution in [2.45, 2.75) is 26.6 Å². The van der Waals surface area contributed by atoms with E-state index in [2.05, 4.69) is 33.0 Å². The number of aliphatic imine (C=N–C) groups is 1. The molecule has 0 aliphatic heterocycles. The number of guanidine groups is 1. The van der Waals surface area contributed by atoms with E-state index in [4.69, 9.17) is 14.5 Å². The number of hydrogen-bond donors (Lipinski definition) is 2. The lowest BCUT2D eigenvalue weighted by Gasteiger charge is -2.13. The van der Waals surface area contributed by atoms with Crippen LogP contribution in [0.3, 0.4) is 0 Å². The number of benzene rings is 2. The Morgan fingerprint density at radius 2 is 1.65 bits per heavy atom. The molecule has 3 rings (SSSR count). The highest BCUT2D eigenvalue weighted by atomic mass is 127. The second-order valence-corrected chi connectivity index (χ2v) is 6.77. The minimum atomic E-state index is 0. The first kappa shape index (κ1) is 24.4. The van der Waals surface area contributed by atoms with Gasteiger partial charge in [0.15, 0.2) is 23.3 Å². The molecule has 0 radical (unpaired) electrons. The Morgan fingerprint density at radius 1 is 0.935 bits per heavy atom. The summed E-state index contributed by atoms with van der Waals surface area (Å²) in [4.78, 5) is 4.73. The molecule has 0 spiro atoms. The SMILES string of the molecule is COc1ccc(CN=C(NCc2ccccc2)NCc2nnc(C)n2C)cc1OC.I. The van der Waals surface area contributed by atoms with Crippen molar-refractivity contribution in [2.75, 3.05) is 14.2 Å². The number of ether oxygens (including phenoxy) is 2. The molecule has 0 unspecified atom stereocenters. The van der Waals surface area contributed by atoms with Crippen LogP contribution in [0.4, 0.5) is 0 Å². The molecule has 0 aliphatic rings. The highest BCUT2D eigenvalue weighted by Crippen LogP contribution is 2.27. The van der Waals surface area contributed by atoms with Crippen LogP contribution in [0.15, 0.2) is 53.5 Å². The molecule has 0 fully saturated rings. The zero-order valence-corrected chi connectivity index (χ0v) is 20.6. The first-order valence-corrected chi connectivity index (χ1v) is 9.72. The maximum Gasteiger partial charge on any atom is 0.192 e. The van der Waals surface area contributed by atoms with E-state index in [9.17, 15) is 0 Å². The fourth-order valence-electron chi connectivity index (χ4n) is 2.87. The van der Waals surface area contributed by atoms with E-state index >= 15 is 0 Å². The largest absolute Gasteiger partial charge is 0.493 e. The molecular formula is C22H29IN6O2. The van der Waals surface area contributed by atoms with Gasteiger partial charge in [-0.3, -0.25) is 0 Å². The number of aryl methyl sites for hydroxylation is 1. The predicted octanol–water partition coefficient (Wildman–Crippen LogP) is 3.19. The molecule has 0 aliphatic carbocycles. The predicted molar refractivity (Wildman–Crippen MR) is 132 cm³/mol. The van der Waals surface area contributed by atoms with E-state index < -0.39 is 0 Å². The number of hydrogen-bond acceptors (Lipinski definition) is 5.